The first-order chi connectivity index (χ1) is 10.8. The second-order valence-electron chi connectivity index (χ2n) is 4.06. The third-order valence-corrected chi connectivity index (χ3v) is 4.07. The zero-order chi connectivity index (χ0) is 18.7. The molecule has 25 heavy (non-hydrogen) atoms. The van der Waals surface area contributed by atoms with Crippen LogP contribution in [0.15, 0.2) is 46.2 Å². The summed E-state index contributed by atoms with van der Waals surface area (Å²) in [6.45, 7) is 0. The second kappa shape index (κ2) is 8.74. The minimum Gasteiger partial charge on any atom is -0.744 e. The SMILES string of the molecule is O=S(=O)([O-])c1ccc(F)cc1F.O=S(=O)([O-])c1ccc(F)cc1F.[Fe+2]. The molecule has 0 N–H and O–H groups in total. The van der Waals surface area contributed by atoms with Crippen molar-refractivity contribution in [2.75, 3.05) is 0 Å². The molecule has 6 nitrogen and oxygen atoms in total. The largest absolute Gasteiger partial charge is 2.00 e. The van der Waals surface area contributed by atoms with Crippen LogP contribution in [0.1, 0.15) is 0 Å². The maximum Gasteiger partial charge on any atom is 2.00 e. The summed E-state index contributed by atoms with van der Waals surface area (Å²) < 4.78 is 111. The van der Waals surface area contributed by atoms with Crippen molar-refractivity contribution in [2.24, 2.45) is 0 Å². The first-order valence-corrected chi connectivity index (χ1v) is 8.46. The molecular weight excluding hydrogens is 436 g/mol. The first-order valence-electron chi connectivity index (χ1n) is 5.64. The van der Waals surface area contributed by atoms with Gasteiger partial charge in [-0.25, -0.2) is 34.4 Å². The third-order valence-electron chi connectivity index (χ3n) is 2.33. The van der Waals surface area contributed by atoms with Crippen molar-refractivity contribution < 1.29 is 60.6 Å². The van der Waals surface area contributed by atoms with Gasteiger partial charge in [-0.1, -0.05) is 0 Å². The Labute approximate surface area is 150 Å². The number of halogens is 4. The summed E-state index contributed by atoms with van der Waals surface area (Å²) in [6, 6.07) is 3.26. The van der Waals surface area contributed by atoms with Crippen molar-refractivity contribution in [3.05, 3.63) is 59.7 Å². The van der Waals surface area contributed by atoms with E-state index in [9.17, 15) is 43.5 Å². The fraction of sp³-hybridized carbons (Fsp3) is 0. The van der Waals surface area contributed by atoms with Crippen LogP contribution in [0.2, 0.25) is 0 Å². The van der Waals surface area contributed by atoms with E-state index in [2.05, 4.69) is 0 Å². The molecule has 0 saturated carbocycles. The Morgan fingerprint density at radius 2 is 0.920 bits per heavy atom. The Kier molecular flexibility index (Phi) is 8.21. The van der Waals surface area contributed by atoms with Gasteiger partial charge in [0.2, 0.25) is 0 Å². The van der Waals surface area contributed by atoms with Crippen LogP contribution in [0.3, 0.4) is 0 Å². The minimum absolute atomic E-state index is 0. The number of rotatable bonds is 2. The molecule has 0 aliphatic rings. The van der Waals surface area contributed by atoms with Gasteiger partial charge in [0.05, 0.1) is 9.79 Å². The average Bonchev–Trinajstić information content (AvgIpc) is 2.35. The van der Waals surface area contributed by atoms with E-state index in [0.717, 1.165) is 0 Å². The molecule has 0 amide bonds. The van der Waals surface area contributed by atoms with Crippen LogP contribution in [0, 0.1) is 23.3 Å². The van der Waals surface area contributed by atoms with Gasteiger partial charge in [-0.2, -0.15) is 0 Å². The van der Waals surface area contributed by atoms with Crippen molar-refractivity contribution in [3.63, 3.8) is 0 Å². The van der Waals surface area contributed by atoms with Gasteiger partial charge in [-0.05, 0) is 24.3 Å². The van der Waals surface area contributed by atoms with Crippen LogP contribution in [0.5, 0.6) is 0 Å². The van der Waals surface area contributed by atoms with Crippen molar-refractivity contribution in [1.82, 2.24) is 0 Å². The smallest absolute Gasteiger partial charge is 0.744 e. The Hall–Kier alpha value is -1.50. The summed E-state index contributed by atoms with van der Waals surface area (Å²) in [7, 11) is -9.68. The molecule has 0 aromatic heterocycles. The van der Waals surface area contributed by atoms with E-state index in [0.29, 0.717) is 36.4 Å². The molecule has 0 radical (unpaired) electrons. The summed E-state index contributed by atoms with van der Waals surface area (Å²) in [6.07, 6.45) is 0. The molecular formula is C12H6F4FeO6S2. The zero-order valence-electron chi connectivity index (χ0n) is 11.6. The van der Waals surface area contributed by atoms with Crippen molar-refractivity contribution in [3.8, 4) is 0 Å². The van der Waals surface area contributed by atoms with Gasteiger partial charge < -0.3 is 9.11 Å². The molecule has 0 unspecified atom stereocenters. The molecule has 0 bridgehead atoms. The topological polar surface area (TPSA) is 114 Å². The summed E-state index contributed by atoms with van der Waals surface area (Å²) in [5.74, 6) is -4.60. The Bertz CT molecular complexity index is 884. The monoisotopic (exact) mass is 442 g/mol. The van der Waals surface area contributed by atoms with Gasteiger partial charge in [0, 0.05) is 12.1 Å². The van der Waals surface area contributed by atoms with Crippen molar-refractivity contribution in [1.29, 1.82) is 0 Å². The quantitative estimate of drug-likeness (QED) is 0.398. The van der Waals surface area contributed by atoms with E-state index < -0.39 is 53.3 Å². The summed E-state index contributed by atoms with van der Waals surface area (Å²) >= 11 is 0. The molecule has 0 aliphatic heterocycles. The molecule has 138 valence electrons. The maximum absolute atomic E-state index is 12.5. The molecule has 13 heteroatoms. The van der Waals surface area contributed by atoms with Crippen LogP contribution < -0.4 is 0 Å². The summed E-state index contributed by atoms with van der Waals surface area (Å²) in [4.78, 5) is -2.08. The normalized spacial score (nSPS) is 11.1. The molecule has 2 aromatic rings. The first kappa shape index (κ1) is 23.5. The minimum atomic E-state index is -4.84. The van der Waals surface area contributed by atoms with Crippen molar-refractivity contribution in [2.45, 2.75) is 9.79 Å². The Balaban J connectivity index is 0.000000443. The molecule has 0 fully saturated rings. The zero-order valence-corrected chi connectivity index (χ0v) is 14.3. The predicted molar refractivity (Wildman–Crippen MR) is 68.6 cm³/mol. The van der Waals surface area contributed by atoms with Gasteiger partial charge in [-0.3, -0.25) is 0 Å². The molecule has 0 heterocycles. The second-order valence-corrected chi connectivity index (χ2v) is 6.75. The van der Waals surface area contributed by atoms with Gasteiger partial charge in [0.1, 0.15) is 43.5 Å². The van der Waals surface area contributed by atoms with Gasteiger partial charge in [-0.15, -0.1) is 0 Å². The Morgan fingerprint density at radius 3 is 1.12 bits per heavy atom. The fourth-order valence-electron chi connectivity index (χ4n) is 1.36. The predicted octanol–water partition coefficient (Wildman–Crippen LogP) is 1.74. The molecule has 0 aliphatic carbocycles. The van der Waals surface area contributed by atoms with Gasteiger partial charge in [0.15, 0.2) is 0 Å². The van der Waals surface area contributed by atoms with E-state index in [1.165, 1.54) is 0 Å². The molecule has 2 rings (SSSR count). The number of hydrogen-bond acceptors (Lipinski definition) is 6. The fourth-order valence-corrected chi connectivity index (χ4v) is 2.42. The maximum atomic E-state index is 12.5. The van der Waals surface area contributed by atoms with E-state index in [1.807, 2.05) is 0 Å². The summed E-state index contributed by atoms with van der Waals surface area (Å²) in [5.41, 5.74) is 0. The number of hydrogen-bond donors (Lipinski definition) is 0. The van der Waals surface area contributed by atoms with Gasteiger partial charge >= 0.3 is 17.1 Å². The molecule has 2 aromatic carbocycles. The van der Waals surface area contributed by atoms with E-state index in [-0.39, 0.29) is 17.1 Å². The van der Waals surface area contributed by atoms with Crippen LogP contribution in [-0.2, 0) is 37.3 Å². The summed E-state index contributed by atoms with van der Waals surface area (Å²) in [5, 5.41) is 0. The van der Waals surface area contributed by atoms with Crippen LogP contribution in [-0.4, -0.2) is 25.9 Å². The average molecular weight is 442 g/mol. The molecule has 0 saturated heterocycles. The number of benzene rings is 2. The van der Waals surface area contributed by atoms with Crippen molar-refractivity contribution >= 4 is 20.2 Å². The van der Waals surface area contributed by atoms with E-state index in [1.54, 1.807) is 0 Å². The standard InChI is InChI=1S/2C6H4F2O3S.Fe/c2*7-4-1-2-6(5(8)3-4)12(9,10)11;/h2*1-3H,(H,9,10,11);/q;;+2/p-2. The van der Waals surface area contributed by atoms with Crippen LogP contribution >= 0.6 is 0 Å². The third kappa shape index (κ3) is 7.10. The van der Waals surface area contributed by atoms with Crippen LogP contribution in [0.25, 0.3) is 0 Å². The molecule has 0 atom stereocenters. The Morgan fingerprint density at radius 1 is 0.640 bits per heavy atom. The van der Waals surface area contributed by atoms with E-state index >= 15 is 0 Å². The van der Waals surface area contributed by atoms with E-state index in [4.69, 9.17) is 0 Å². The molecule has 0 spiro atoms. The van der Waals surface area contributed by atoms with Crippen LogP contribution in [0.4, 0.5) is 17.6 Å². The van der Waals surface area contributed by atoms with Gasteiger partial charge in [0.25, 0.3) is 0 Å².